The third-order valence-corrected chi connectivity index (χ3v) is 2.91. The molecule has 3 nitrogen and oxygen atoms in total. The Morgan fingerprint density at radius 3 is 2.65 bits per heavy atom. The van der Waals surface area contributed by atoms with E-state index >= 15 is 0 Å². The van der Waals surface area contributed by atoms with Gasteiger partial charge in [-0.2, -0.15) is 13.2 Å². The number of rotatable bonds is 3. The van der Waals surface area contributed by atoms with Crippen molar-refractivity contribution < 1.29 is 17.9 Å². The Balaban J connectivity index is 2.34. The first kappa shape index (κ1) is 14.6. The summed E-state index contributed by atoms with van der Waals surface area (Å²) in [7, 11) is 0. The molecular weight excluding hydrogens is 293 g/mol. The van der Waals surface area contributed by atoms with E-state index in [9.17, 15) is 13.2 Å². The summed E-state index contributed by atoms with van der Waals surface area (Å²) < 4.78 is 43.2. The van der Waals surface area contributed by atoms with E-state index in [2.05, 4.69) is 9.97 Å². The summed E-state index contributed by atoms with van der Waals surface area (Å²) in [4.78, 5) is 7.70. The Hall–Kier alpha value is -1.82. The van der Waals surface area contributed by atoms with Gasteiger partial charge in [0.25, 0.3) is 0 Å². The molecule has 0 aliphatic carbocycles. The van der Waals surface area contributed by atoms with Crippen molar-refractivity contribution in [2.24, 2.45) is 0 Å². The minimum atomic E-state index is -4.42. The summed E-state index contributed by atoms with van der Waals surface area (Å²) in [5, 5.41) is 0.226. The lowest BCUT2D eigenvalue weighted by atomic mass is 10.2. The normalized spacial score (nSPS) is 11.4. The summed E-state index contributed by atoms with van der Waals surface area (Å²) in [5.41, 5.74) is -0.236. The van der Waals surface area contributed by atoms with Crippen molar-refractivity contribution in [3.8, 4) is 11.6 Å². The van der Waals surface area contributed by atoms with Crippen LogP contribution in [0.4, 0.5) is 13.2 Å². The molecule has 0 aliphatic rings. The van der Waals surface area contributed by atoms with Crippen LogP contribution in [0.2, 0.25) is 5.15 Å². The summed E-state index contributed by atoms with van der Waals surface area (Å²) in [6, 6.07) is 4.58. The van der Waals surface area contributed by atoms with Crippen LogP contribution in [-0.2, 0) is 12.6 Å². The van der Waals surface area contributed by atoms with Gasteiger partial charge in [-0.3, -0.25) is 0 Å². The highest BCUT2D eigenvalue weighted by Crippen LogP contribution is 2.33. The molecule has 0 amide bonds. The third kappa shape index (κ3) is 3.19. The molecule has 1 aromatic heterocycles. The van der Waals surface area contributed by atoms with Crippen LogP contribution in [0.5, 0.6) is 11.6 Å². The number of alkyl halides is 3. The molecule has 1 aromatic carbocycles. The molecule has 0 bridgehead atoms. The van der Waals surface area contributed by atoms with Crippen LogP contribution in [-0.4, -0.2) is 9.97 Å². The topological polar surface area (TPSA) is 35.0 Å². The SMILES string of the molecule is CCc1c(Cl)ncnc1Oc1cccc(C(F)(F)F)c1. The molecule has 0 fully saturated rings. The molecule has 0 atom stereocenters. The van der Waals surface area contributed by atoms with Gasteiger partial charge in [0.2, 0.25) is 5.88 Å². The lowest BCUT2D eigenvalue weighted by Crippen LogP contribution is -2.05. The Bertz CT molecular complexity index is 617. The molecule has 0 saturated heterocycles. The summed E-state index contributed by atoms with van der Waals surface area (Å²) >= 11 is 5.89. The maximum Gasteiger partial charge on any atom is 0.416 e. The Labute approximate surface area is 118 Å². The molecule has 0 aliphatic heterocycles. The highest BCUT2D eigenvalue weighted by atomic mass is 35.5. The largest absolute Gasteiger partial charge is 0.439 e. The third-order valence-electron chi connectivity index (χ3n) is 2.58. The van der Waals surface area contributed by atoms with Gasteiger partial charge < -0.3 is 4.74 Å². The van der Waals surface area contributed by atoms with Gasteiger partial charge in [0, 0.05) is 0 Å². The Morgan fingerprint density at radius 1 is 1.25 bits per heavy atom. The zero-order valence-corrected chi connectivity index (χ0v) is 11.2. The number of hydrogen-bond donors (Lipinski definition) is 0. The van der Waals surface area contributed by atoms with Gasteiger partial charge in [-0.25, -0.2) is 9.97 Å². The minimum absolute atomic E-state index is 0.0456. The van der Waals surface area contributed by atoms with Gasteiger partial charge >= 0.3 is 6.18 Å². The molecule has 0 radical (unpaired) electrons. The molecule has 0 spiro atoms. The minimum Gasteiger partial charge on any atom is -0.439 e. The predicted octanol–water partition coefficient (Wildman–Crippen LogP) is 4.50. The monoisotopic (exact) mass is 302 g/mol. The highest BCUT2D eigenvalue weighted by molar-refractivity contribution is 6.30. The molecule has 106 valence electrons. The van der Waals surface area contributed by atoms with E-state index in [-0.39, 0.29) is 16.8 Å². The van der Waals surface area contributed by atoms with Gasteiger partial charge in [-0.05, 0) is 24.6 Å². The number of hydrogen-bond acceptors (Lipinski definition) is 3. The summed E-state index contributed by atoms with van der Waals surface area (Å²) in [5.74, 6) is 0.205. The second-order valence-electron chi connectivity index (χ2n) is 3.93. The summed E-state index contributed by atoms with van der Waals surface area (Å²) in [6.45, 7) is 1.82. The smallest absolute Gasteiger partial charge is 0.416 e. The van der Waals surface area contributed by atoms with E-state index < -0.39 is 11.7 Å². The fourth-order valence-corrected chi connectivity index (χ4v) is 1.87. The Morgan fingerprint density at radius 2 is 2.00 bits per heavy atom. The van der Waals surface area contributed by atoms with Gasteiger partial charge in [0.1, 0.15) is 17.2 Å². The molecule has 2 rings (SSSR count). The van der Waals surface area contributed by atoms with E-state index in [1.165, 1.54) is 18.5 Å². The van der Waals surface area contributed by atoms with Crippen molar-refractivity contribution in [3.05, 3.63) is 46.9 Å². The van der Waals surface area contributed by atoms with Crippen LogP contribution in [0.25, 0.3) is 0 Å². The fourth-order valence-electron chi connectivity index (χ4n) is 1.61. The van der Waals surface area contributed by atoms with Crippen LogP contribution in [0.1, 0.15) is 18.1 Å². The van der Waals surface area contributed by atoms with Crippen molar-refractivity contribution in [2.45, 2.75) is 19.5 Å². The number of aromatic nitrogens is 2. The predicted molar refractivity (Wildman–Crippen MR) is 67.9 cm³/mol. The van der Waals surface area contributed by atoms with Gasteiger partial charge in [0.05, 0.1) is 11.1 Å². The lowest BCUT2D eigenvalue weighted by Gasteiger charge is -2.11. The molecule has 7 heteroatoms. The van der Waals surface area contributed by atoms with E-state index in [0.717, 1.165) is 12.1 Å². The highest BCUT2D eigenvalue weighted by Gasteiger charge is 2.30. The zero-order valence-electron chi connectivity index (χ0n) is 10.4. The second-order valence-corrected chi connectivity index (χ2v) is 4.29. The zero-order chi connectivity index (χ0) is 14.8. The van der Waals surface area contributed by atoms with E-state index in [1.54, 1.807) is 0 Å². The van der Waals surface area contributed by atoms with E-state index in [4.69, 9.17) is 16.3 Å². The number of ether oxygens (including phenoxy) is 1. The number of nitrogens with zero attached hydrogens (tertiary/aromatic N) is 2. The van der Waals surface area contributed by atoms with Crippen LogP contribution >= 0.6 is 11.6 Å². The van der Waals surface area contributed by atoms with Gasteiger partial charge in [-0.1, -0.05) is 24.6 Å². The maximum absolute atomic E-state index is 12.6. The van der Waals surface area contributed by atoms with E-state index in [0.29, 0.717) is 12.0 Å². The van der Waals surface area contributed by atoms with Crippen molar-refractivity contribution in [1.82, 2.24) is 9.97 Å². The second kappa shape index (κ2) is 5.66. The van der Waals surface area contributed by atoms with Crippen molar-refractivity contribution in [3.63, 3.8) is 0 Å². The molecule has 1 heterocycles. The van der Waals surface area contributed by atoms with Crippen LogP contribution < -0.4 is 4.74 Å². The van der Waals surface area contributed by atoms with Crippen molar-refractivity contribution >= 4 is 11.6 Å². The molecule has 0 saturated carbocycles. The Kier molecular flexibility index (Phi) is 4.13. The van der Waals surface area contributed by atoms with Gasteiger partial charge in [-0.15, -0.1) is 0 Å². The molecular formula is C13H10ClF3N2O. The van der Waals surface area contributed by atoms with Crippen LogP contribution in [0.3, 0.4) is 0 Å². The first-order chi connectivity index (χ1) is 9.41. The van der Waals surface area contributed by atoms with Crippen molar-refractivity contribution in [1.29, 1.82) is 0 Å². The average Bonchev–Trinajstić information content (AvgIpc) is 2.38. The van der Waals surface area contributed by atoms with Crippen LogP contribution in [0, 0.1) is 0 Å². The first-order valence-corrected chi connectivity index (χ1v) is 6.14. The number of halogens is 4. The number of benzene rings is 1. The standard InChI is InChI=1S/C13H10ClF3N2O/c1-2-10-11(14)18-7-19-12(10)20-9-5-3-4-8(6-9)13(15,16)17/h3-7H,2H2,1H3. The molecule has 0 N–H and O–H groups in total. The summed E-state index contributed by atoms with van der Waals surface area (Å²) in [6.07, 6.45) is -2.71. The molecule has 2 aromatic rings. The van der Waals surface area contributed by atoms with Crippen LogP contribution in [0.15, 0.2) is 30.6 Å². The first-order valence-electron chi connectivity index (χ1n) is 5.76. The average molecular weight is 303 g/mol. The quantitative estimate of drug-likeness (QED) is 0.783. The maximum atomic E-state index is 12.6. The molecule has 20 heavy (non-hydrogen) atoms. The molecule has 0 unspecified atom stereocenters. The lowest BCUT2D eigenvalue weighted by molar-refractivity contribution is -0.137. The van der Waals surface area contributed by atoms with Crippen molar-refractivity contribution in [2.75, 3.05) is 0 Å². The fraction of sp³-hybridized carbons (Fsp3) is 0.231. The van der Waals surface area contributed by atoms with E-state index in [1.807, 2.05) is 6.92 Å². The van der Waals surface area contributed by atoms with Gasteiger partial charge in [0.15, 0.2) is 0 Å².